The summed E-state index contributed by atoms with van der Waals surface area (Å²) in [5.41, 5.74) is 3.08. The standard InChI is InChI=1S/C29H43NO5/c1-21-19-23(20-25(34-4)22(21)2)13-7-5-12-18-35-28(33)24-14-8-11-17-30(24)27(32)26(31)29(3)15-9-6-10-16-29/h19-20,24H,5-18H2,1-4H3. The molecule has 0 spiro atoms. The van der Waals surface area contributed by atoms with Gasteiger partial charge in [-0.3, -0.25) is 9.59 Å². The predicted octanol–water partition coefficient (Wildman–Crippen LogP) is 5.49. The Bertz CT molecular complexity index is 903. The second-order valence-electron chi connectivity index (χ2n) is 10.7. The Hall–Kier alpha value is -2.37. The van der Waals surface area contributed by atoms with Crippen molar-refractivity contribution < 1.29 is 23.9 Å². The summed E-state index contributed by atoms with van der Waals surface area (Å²) >= 11 is 0. The first-order valence-electron chi connectivity index (χ1n) is 13.4. The molecule has 0 N–H and O–H groups in total. The van der Waals surface area contributed by atoms with E-state index in [2.05, 4.69) is 26.0 Å². The summed E-state index contributed by atoms with van der Waals surface area (Å²) in [6, 6.07) is 3.68. The number of amides is 1. The third-order valence-electron chi connectivity index (χ3n) is 7.99. The van der Waals surface area contributed by atoms with Gasteiger partial charge in [0, 0.05) is 12.0 Å². The second kappa shape index (κ2) is 12.5. The lowest BCUT2D eigenvalue weighted by atomic mass is 9.72. The van der Waals surface area contributed by atoms with Crippen LogP contribution in [0.5, 0.6) is 5.75 Å². The number of rotatable bonds is 10. The number of carbonyl (C=O) groups excluding carboxylic acids is 3. The Kier molecular flexibility index (Phi) is 9.76. The first-order chi connectivity index (χ1) is 16.8. The third kappa shape index (κ3) is 6.86. The van der Waals surface area contributed by atoms with Gasteiger partial charge in [0.2, 0.25) is 5.78 Å². The number of nitrogens with zero attached hydrogens (tertiary/aromatic N) is 1. The summed E-state index contributed by atoms with van der Waals surface area (Å²) in [6.45, 7) is 6.89. The van der Waals surface area contributed by atoms with Gasteiger partial charge in [-0.05, 0) is 94.4 Å². The van der Waals surface area contributed by atoms with Gasteiger partial charge in [0.25, 0.3) is 5.91 Å². The molecule has 2 fully saturated rings. The molecule has 1 amide bonds. The Morgan fingerprint density at radius 2 is 1.74 bits per heavy atom. The molecule has 1 aliphatic heterocycles. The predicted molar refractivity (Wildman–Crippen MR) is 137 cm³/mol. The minimum Gasteiger partial charge on any atom is -0.496 e. The highest BCUT2D eigenvalue weighted by Crippen LogP contribution is 2.37. The molecule has 0 radical (unpaired) electrons. The molecular formula is C29H43NO5. The van der Waals surface area contributed by atoms with Gasteiger partial charge in [-0.1, -0.05) is 32.3 Å². The van der Waals surface area contributed by atoms with Crippen molar-refractivity contribution in [3.05, 3.63) is 28.8 Å². The summed E-state index contributed by atoms with van der Waals surface area (Å²) in [5, 5.41) is 0. The lowest BCUT2D eigenvalue weighted by Crippen LogP contribution is -2.53. The van der Waals surface area contributed by atoms with E-state index in [4.69, 9.17) is 9.47 Å². The molecule has 1 saturated carbocycles. The molecule has 0 bridgehead atoms. The van der Waals surface area contributed by atoms with Crippen molar-refractivity contribution in [1.82, 2.24) is 4.90 Å². The molecule has 1 saturated heterocycles. The van der Waals surface area contributed by atoms with E-state index in [1.807, 2.05) is 6.92 Å². The van der Waals surface area contributed by atoms with E-state index in [0.717, 1.165) is 76.4 Å². The molecule has 2 aliphatic rings. The molecule has 194 valence electrons. The van der Waals surface area contributed by atoms with Crippen LogP contribution in [0.25, 0.3) is 0 Å². The molecule has 1 aromatic rings. The van der Waals surface area contributed by atoms with Gasteiger partial charge in [-0.2, -0.15) is 0 Å². The Morgan fingerprint density at radius 1 is 1.00 bits per heavy atom. The van der Waals surface area contributed by atoms with Gasteiger partial charge in [0.15, 0.2) is 0 Å². The zero-order valence-electron chi connectivity index (χ0n) is 22.1. The topological polar surface area (TPSA) is 72.9 Å². The van der Waals surface area contributed by atoms with Crippen LogP contribution in [0.1, 0.15) is 94.2 Å². The zero-order valence-corrected chi connectivity index (χ0v) is 22.1. The highest BCUT2D eigenvalue weighted by atomic mass is 16.5. The minimum absolute atomic E-state index is 0.320. The largest absolute Gasteiger partial charge is 0.496 e. The lowest BCUT2D eigenvalue weighted by molar-refractivity contribution is -0.161. The third-order valence-corrected chi connectivity index (χ3v) is 7.99. The van der Waals surface area contributed by atoms with E-state index in [0.29, 0.717) is 19.6 Å². The first kappa shape index (κ1) is 27.2. The number of methoxy groups -OCH3 is 1. The van der Waals surface area contributed by atoms with Crippen molar-refractivity contribution in [2.24, 2.45) is 5.41 Å². The molecule has 6 nitrogen and oxygen atoms in total. The minimum atomic E-state index is -0.629. The molecule has 6 heteroatoms. The number of ether oxygens (including phenoxy) is 2. The van der Waals surface area contributed by atoms with Crippen molar-refractivity contribution in [2.75, 3.05) is 20.3 Å². The molecule has 1 atom stereocenters. The van der Waals surface area contributed by atoms with Gasteiger partial charge in [-0.25, -0.2) is 4.79 Å². The molecule has 35 heavy (non-hydrogen) atoms. The molecule has 1 unspecified atom stereocenters. The fourth-order valence-corrected chi connectivity index (χ4v) is 5.50. The lowest BCUT2D eigenvalue weighted by Gasteiger charge is -2.37. The van der Waals surface area contributed by atoms with Crippen molar-refractivity contribution in [2.45, 2.75) is 104 Å². The summed E-state index contributed by atoms with van der Waals surface area (Å²) < 4.78 is 11.0. The van der Waals surface area contributed by atoms with E-state index in [-0.39, 0.29) is 11.8 Å². The summed E-state index contributed by atoms with van der Waals surface area (Å²) in [6.07, 6.45) is 10.6. The van der Waals surface area contributed by atoms with E-state index >= 15 is 0 Å². The number of ketones is 1. The van der Waals surface area contributed by atoms with Gasteiger partial charge in [0.1, 0.15) is 11.8 Å². The number of unbranched alkanes of at least 4 members (excludes halogenated alkanes) is 2. The molecule has 1 heterocycles. The van der Waals surface area contributed by atoms with Crippen molar-refractivity contribution >= 4 is 17.7 Å². The highest BCUT2D eigenvalue weighted by Gasteiger charge is 2.43. The highest BCUT2D eigenvalue weighted by molar-refractivity contribution is 6.38. The van der Waals surface area contributed by atoms with Gasteiger partial charge < -0.3 is 14.4 Å². The quantitative estimate of drug-likeness (QED) is 0.249. The van der Waals surface area contributed by atoms with Crippen LogP contribution in [-0.2, 0) is 25.5 Å². The van der Waals surface area contributed by atoms with Crippen LogP contribution in [0.15, 0.2) is 12.1 Å². The number of benzene rings is 1. The fraction of sp³-hybridized carbons (Fsp3) is 0.690. The van der Waals surface area contributed by atoms with Gasteiger partial charge in [0.05, 0.1) is 13.7 Å². The zero-order chi connectivity index (χ0) is 25.4. The Morgan fingerprint density at radius 3 is 2.46 bits per heavy atom. The number of hydrogen-bond acceptors (Lipinski definition) is 5. The van der Waals surface area contributed by atoms with Gasteiger partial charge >= 0.3 is 5.97 Å². The summed E-state index contributed by atoms with van der Waals surface area (Å²) in [7, 11) is 1.70. The van der Waals surface area contributed by atoms with Crippen LogP contribution >= 0.6 is 0 Å². The van der Waals surface area contributed by atoms with Crippen LogP contribution in [0, 0.1) is 19.3 Å². The average molecular weight is 486 g/mol. The van der Waals surface area contributed by atoms with Gasteiger partial charge in [-0.15, -0.1) is 0 Å². The van der Waals surface area contributed by atoms with E-state index in [1.54, 1.807) is 7.11 Å². The van der Waals surface area contributed by atoms with Crippen LogP contribution < -0.4 is 4.74 Å². The van der Waals surface area contributed by atoms with Crippen LogP contribution in [0.2, 0.25) is 0 Å². The smallest absolute Gasteiger partial charge is 0.328 e. The maximum atomic E-state index is 13.1. The molecule has 1 aromatic carbocycles. The van der Waals surface area contributed by atoms with E-state index in [1.165, 1.54) is 21.6 Å². The fourth-order valence-electron chi connectivity index (χ4n) is 5.50. The van der Waals surface area contributed by atoms with Crippen molar-refractivity contribution in [1.29, 1.82) is 0 Å². The molecule has 1 aliphatic carbocycles. The van der Waals surface area contributed by atoms with E-state index < -0.39 is 17.4 Å². The number of likely N-dealkylation sites (tertiary alicyclic amines) is 1. The number of aryl methyl sites for hydroxylation is 2. The van der Waals surface area contributed by atoms with Crippen LogP contribution in [0.3, 0.4) is 0 Å². The molecule has 0 aromatic heterocycles. The number of piperidine rings is 1. The number of carbonyl (C=O) groups is 3. The van der Waals surface area contributed by atoms with E-state index in [9.17, 15) is 14.4 Å². The maximum absolute atomic E-state index is 13.1. The maximum Gasteiger partial charge on any atom is 0.328 e. The van der Waals surface area contributed by atoms with Crippen molar-refractivity contribution in [3.63, 3.8) is 0 Å². The summed E-state index contributed by atoms with van der Waals surface area (Å²) in [4.78, 5) is 40.5. The molecule has 3 rings (SSSR count). The number of esters is 1. The first-order valence-corrected chi connectivity index (χ1v) is 13.4. The van der Waals surface area contributed by atoms with Crippen molar-refractivity contribution in [3.8, 4) is 5.75 Å². The number of Topliss-reactive ketones (excluding diaryl/α,β-unsaturated/α-hetero) is 1. The second-order valence-corrected chi connectivity index (χ2v) is 10.7. The molecular weight excluding hydrogens is 442 g/mol. The van der Waals surface area contributed by atoms with Crippen LogP contribution in [-0.4, -0.2) is 48.9 Å². The number of hydrogen-bond donors (Lipinski definition) is 0. The monoisotopic (exact) mass is 485 g/mol. The normalized spacial score (nSPS) is 19.8. The SMILES string of the molecule is COc1cc(CCCCCOC(=O)C2CCCCN2C(=O)C(=O)C2(C)CCCCC2)cc(C)c1C. The van der Waals surface area contributed by atoms with Crippen LogP contribution in [0.4, 0.5) is 0 Å². The summed E-state index contributed by atoms with van der Waals surface area (Å²) in [5.74, 6) is -0.241. The Labute approximate surface area is 210 Å². The average Bonchev–Trinajstić information content (AvgIpc) is 2.87. The Balaban J connectivity index is 1.45.